The largest absolute Gasteiger partial charge is 0.456 e. The minimum absolute atomic E-state index is 0.499. The normalized spacial score (nSPS) is 15.3. The summed E-state index contributed by atoms with van der Waals surface area (Å²) in [5.74, 6) is 2.82. The first-order chi connectivity index (χ1) is 21.2. The predicted molar refractivity (Wildman–Crippen MR) is 173 cm³/mol. The van der Waals surface area contributed by atoms with Crippen molar-refractivity contribution in [1.29, 1.82) is 0 Å². The van der Waals surface area contributed by atoms with Gasteiger partial charge in [0.1, 0.15) is 11.5 Å². The number of benzene rings is 6. The molecular weight excluding hydrogens is 549 g/mol. The van der Waals surface area contributed by atoms with Crippen LogP contribution in [0.1, 0.15) is 0 Å². The molecule has 1 aliphatic rings. The second kappa shape index (κ2) is 10.2. The Hall–Kier alpha value is -5.38. The van der Waals surface area contributed by atoms with E-state index in [0.717, 1.165) is 32.8 Å². The summed E-state index contributed by atoms with van der Waals surface area (Å²) >= 11 is 0. The van der Waals surface area contributed by atoms with Crippen LogP contribution in [0.15, 0.2) is 146 Å². The summed E-state index contributed by atoms with van der Waals surface area (Å²) in [6.45, 7) is 0. The number of hydrogen-bond acceptors (Lipinski definition) is 5. The quantitative estimate of drug-likeness (QED) is 0.201. The molecule has 43 heavy (non-hydrogen) atoms. The van der Waals surface area contributed by atoms with Gasteiger partial charge < -0.3 is 9.30 Å². The van der Waals surface area contributed by atoms with Crippen LogP contribution in [0.5, 0.6) is 11.5 Å². The van der Waals surface area contributed by atoms with E-state index in [1.165, 1.54) is 0 Å². The second-order valence-electron chi connectivity index (χ2n) is 10.4. The average Bonchev–Trinajstić information content (AvgIpc) is 3.08. The van der Waals surface area contributed by atoms with E-state index >= 15 is 4.57 Å². The second-order valence-corrected chi connectivity index (χ2v) is 13.1. The van der Waals surface area contributed by atoms with Crippen LogP contribution in [0.2, 0.25) is 0 Å². The van der Waals surface area contributed by atoms with E-state index in [4.69, 9.17) is 19.7 Å². The third-order valence-corrected chi connectivity index (χ3v) is 10.8. The molecular formula is C37H24N3O2P. The zero-order valence-electron chi connectivity index (χ0n) is 23.0. The van der Waals surface area contributed by atoms with E-state index in [0.29, 0.717) is 39.6 Å². The lowest BCUT2D eigenvalue weighted by molar-refractivity contribution is 0.486. The molecule has 0 amide bonds. The maximum atomic E-state index is 15.6. The molecule has 0 saturated heterocycles. The van der Waals surface area contributed by atoms with E-state index < -0.39 is 7.14 Å². The summed E-state index contributed by atoms with van der Waals surface area (Å²) < 4.78 is 22.0. The summed E-state index contributed by atoms with van der Waals surface area (Å²) in [6.07, 6.45) is 0. The Morgan fingerprint density at radius 3 is 1.53 bits per heavy atom. The smallest absolute Gasteiger partial charge is 0.178 e. The molecule has 5 nitrogen and oxygen atoms in total. The third kappa shape index (κ3) is 4.34. The Morgan fingerprint density at radius 1 is 0.442 bits per heavy atom. The molecule has 0 fully saturated rings. The zero-order chi connectivity index (χ0) is 28.8. The van der Waals surface area contributed by atoms with Crippen molar-refractivity contribution in [2.24, 2.45) is 0 Å². The zero-order valence-corrected chi connectivity index (χ0v) is 23.9. The number of hydrogen-bond donors (Lipinski definition) is 0. The van der Waals surface area contributed by atoms with E-state index in [-0.39, 0.29) is 0 Å². The molecule has 0 N–H and O–H groups in total. The topological polar surface area (TPSA) is 65.0 Å². The van der Waals surface area contributed by atoms with Crippen LogP contribution in [0.25, 0.3) is 44.9 Å². The first-order valence-electron chi connectivity index (χ1n) is 14.1. The van der Waals surface area contributed by atoms with Crippen LogP contribution < -0.4 is 20.7 Å². The number of fused-ring (bicyclic) bond motifs is 3. The van der Waals surface area contributed by atoms with Gasteiger partial charge in [0.2, 0.25) is 0 Å². The molecule has 6 aromatic carbocycles. The lowest BCUT2D eigenvalue weighted by atomic mass is 10.1. The van der Waals surface area contributed by atoms with Gasteiger partial charge in [-0.2, -0.15) is 0 Å². The maximum absolute atomic E-state index is 15.6. The Bertz CT molecular complexity index is 2130. The van der Waals surface area contributed by atoms with Gasteiger partial charge in [0.05, 0.1) is 10.6 Å². The Kier molecular flexibility index (Phi) is 5.99. The lowest BCUT2D eigenvalue weighted by Gasteiger charge is -2.29. The van der Waals surface area contributed by atoms with Crippen molar-refractivity contribution in [3.8, 4) is 45.7 Å². The molecule has 0 spiro atoms. The summed E-state index contributed by atoms with van der Waals surface area (Å²) in [5.41, 5.74) is 2.51. The van der Waals surface area contributed by atoms with Gasteiger partial charge in [0.15, 0.2) is 24.6 Å². The van der Waals surface area contributed by atoms with Gasteiger partial charge in [0, 0.05) is 22.0 Å². The van der Waals surface area contributed by atoms with Crippen LogP contribution in [-0.2, 0) is 4.57 Å². The van der Waals surface area contributed by atoms with Gasteiger partial charge in [-0.05, 0) is 41.1 Å². The fraction of sp³-hybridized carbons (Fsp3) is 0. The van der Waals surface area contributed by atoms with Crippen molar-refractivity contribution < 1.29 is 9.30 Å². The molecule has 2 heterocycles. The van der Waals surface area contributed by atoms with Crippen LogP contribution in [0.4, 0.5) is 0 Å². The van der Waals surface area contributed by atoms with Gasteiger partial charge in [-0.25, -0.2) is 15.0 Å². The monoisotopic (exact) mass is 573 g/mol. The molecule has 1 atom stereocenters. The van der Waals surface area contributed by atoms with Gasteiger partial charge in [-0.15, -0.1) is 0 Å². The molecule has 0 saturated carbocycles. The van der Waals surface area contributed by atoms with E-state index in [1.807, 2.05) is 146 Å². The van der Waals surface area contributed by atoms with Crippen molar-refractivity contribution in [1.82, 2.24) is 15.0 Å². The van der Waals surface area contributed by atoms with Gasteiger partial charge in [-0.1, -0.05) is 115 Å². The molecule has 1 unspecified atom stereocenters. The highest BCUT2D eigenvalue weighted by molar-refractivity contribution is 7.85. The van der Waals surface area contributed by atoms with Crippen molar-refractivity contribution in [2.75, 3.05) is 0 Å². The van der Waals surface area contributed by atoms with E-state index in [9.17, 15) is 0 Å². The first kappa shape index (κ1) is 25.3. The van der Waals surface area contributed by atoms with Crippen LogP contribution in [0.3, 0.4) is 0 Å². The van der Waals surface area contributed by atoms with Crippen molar-refractivity contribution >= 4 is 33.8 Å². The average molecular weight is 574 g/mol. The summed E-state index contributed by atoms with van der Waals surface area (Å²) in [6, 6.07) is 47.2. The SMILES string of the molecule is O=P1(c2ccccc2)c2cc(-c3nc(-c4ccccc4)nc(-c4ccccc4)n3)ccc2Oc2cc3ccccc3cc21. The van der Waals surface area contributed by atoms with Crippen LogP contribution in [0, 0.1) is 0 Å². The molecule has 6 heteroatoms. The molecule has 1 aromatic heterocycles. The summed E-state index contributed by atoms with van der Waals surface area (Å²) in [4.78, 5) is 14.6. The minimum Gasteiger partial charge on any atom is -0.456 e. The highest BCUT2D eigenvalue weighted by Crippen LogP contribution is 2.52. The molecule has 8 rings (SSSR count). The van der Waals surface area contributed by atoms with Gasteiger partial charge >= 0.3 is 0 Å². The van der Waals surface area contributed by atoms with Crippen LogP contribution >= 0.6 is 7.14 Å². The minimum atomic E-state index is -3.33. The number of aromatic nitrogens is 3. The number of rotatable bonds is 4. The van der Waals surface area contributed by atoms with Crippen LogP contribution in [-0.4, -0.2) is 15.0 Å². The van der Waals surface area contributed by atoms with Crippen molar-refractivity contribution in [2.45, 2.75) is 0 Å². The fourth-order valence-electron chi connectivity index (χ4n) is 5.63. The predicted octanol–water partition coefficient (Wildman–Crippen LogP) is 7.77. The van der Waals surface area contributed by atoms with Gasteiger partial charge in [-0.3, -0.25) is 0 Å². The maximum Gasteiger partial charge on any atom is 0.178 e. The van der Waals surface area contributed by atoms with E-state index in [1.54, 1.807) is 0 Å². The molecule has 0 radical (unpaired) electrons. The Balaban J connectivity index is 1.35. The number of ether oxygens (including phenoxy) is 1. The lowest BCUT2D eigenvalue weighted by Crippen LogP contribution is -2.31. The van der Waals surface area contributed by atoms with Crippen molar-refractivity contribution in [3.05, 3.63) is 146 Å². The standard InChI is InChI=1S/C37H24N3O2P/c41-43(30-18-8-3-9-19-30)33-24-29(20-21-31(33)42-32-22-27-16-10-11-17-28(27)23-34(32)43)37-39-35(25-12-4-1-5-13-25)38-36(40-37)26-14-6-2-7-15-26/h1-24H. The van der Waals surface area contributed by atoms with Gasteiger partial charge in [0.25, 0.3) is 0 Å². The third-order valence-electron chi connectivity index (χ3n) is 7.76. The summed E-state index contributed by atoms with van der Waals surface area (Å²) in [5, 5.41) is 4.11. The number of nitrogens with zero attached hydrogens (tertiary/aromatic N) is 3. The van der Waals surface area contributed by atoms with E-state index in [2.05, 4.69) is 0 Å². The molecule has 0 aliphatic carbocycles. The highest BCUT2D eigenvalue weighted by atomic mass is 31.2. The molecule has 204 valence electrons. The van der Waals surface area contributed by atoms with Crippen molar-refractivity contribution in [3.63, 3.8) is 0 Å². The highest BCUT2D eigenvalue weighted by Gasteiger charge is 2.39. The fourth-order valence-corrected chi connectivity index (χ4v) is 8.53. The Labute approximate surface area is 248 Å². The Morgan fingerprint density at radius 2 is 0.930 bits per heavy atom. The molecule has 0 bridgehead atoms. The molecule has 1 aliphatic heterocycles. The summed E-state index contributed by atoms with van der Waals surface area (Å²) in [7, 11) is -3.33. The first-order valence-corrected chi connectivity index (χ1v) is 15.8. The molecule has 7 aromatic rings.